The van der Waals surface area contributed by atoms with Crippen molar-refractivity contribution in [2.24, 2.45) is 11.5 Å². The number of carbonyl (C=O) groups is 1. The molecule has 0 aromatic carbocycles. The van der Waals surface area contributed by atoms with Gasteiger partial charge in [0, 0.05) is 39.1 Å². The maximum atomic E-state index is 10.7. The second-order valence-corrected chi connectivity index (χ2v) is 4.64. The van der Waals surface area contributed by atoms with E-state index < -0.39 is 0 Å². The first kappa shape index (κ1) is 13.3. The minimum absolute atomic E-state index is 0.160. The van der Waals surface area contributed by atoms with Crippen LogP contribution in [0.4, 0.5) is 0 Å². The maximum Gasteiger partial charge on any atom is 0.218 e. The van der Waals surface area contributed by atoms with E-state index in [0.717, 1.165) is 32.7 Å². The summed E-state index contributed by atoms with van der Waals surface area (Å²) in [5, 5.41) is 0. The van der Waals surface area contributed by atoms with Crippen LogP contribution >= 0.6 is 12.2 Å². The molecule has 5 nitrogen and oxygen atoms in total. The number of primary amides is 1. The molecule has 0 radical (unpaired) electrons. The number of hydrogen-bond acceptors (Lipinski definition) is 4. The molecule has 1 saturated heterocycles. The predicted molar refractivity (Wildman–Crippen MR) is 68.1 cm³/mol. The molecular weight excluding hydrogens is 224 g/mol. The third-order valence-corrected chi connectivity index (χ3v) is 3.38. The highest BCUT2D eigenvalue weighted by Crippen LogP contribution is 2.06. The summed E-state index contributed by atoms with van der Waals surface area (Å²) < 4.78 is 0. The Hall–Kier alpha value is -0.720. The summed E-state index contributed by atoms with van der Waals surface area (Å²) in [5.41, 5.74) is 10.7. The quantitative estimate of drug-likeness (QED) is 0.616. The predicted octanol–water partition coefficient (Wildman–Crippen LogP) is -0.846. The van der Waals surface area contributed by atoms with Gasteiger partial charge in [-0.15, -0.1) is 0 Å². The Balaban J connectivity index is 2.28. The van der Waals surface area contributed by atoms with Crippen LogP contribution in [0, 0.1) is 0 Å². The molecule has 1 aliphatic heterocycles. The number of carbonyl (C=O) groups excluding carboxylic acids is 1. The van der Waals surface area contributed by atoms with Crippen LogP contribution in [0.3, 0.4) is 0 Å². The number of amides is 1. The van der Waals surface area contributed by atoms with Gasteiger partial charge >= 0.3 is 0 Å². The summed E-state index contributed by atoms with van der Waals surface area (Å²) >= 11 is 4.98. The second-order valence-electron chi connectivity index (χ2n) is 4.17. The van der Waals surface area contributed by atoms with Gasteiger partial charge < -0.3 is 16.4 Å². The van der Waals surface area contributed by atoms with Crippen molar-refractivity contribution in [1.29, 1.82) is 0 Å². The Labute approximate surface area is 102 Å². The Morgan fingerprint density at radius 3 is 2.31 bits per heavy atom. The zero-order chi connectivity index (χ0) is 12.1. The number of rotatable bonds is 5. The van der Waals surface area contributed by atoms with Crippen molar-refractivity contribution in [3.05, 3.63) is 0 Å². The number of piperazine rings is 1. The molecule has 1 aliphatic rings. The summed E-state index contributed by atoms with van der Waals surface area (Å²) in [6.07, 6.45) is 0.435. The Bertz CT molecular complexity index is 264. The number of nitrogens with zero attached hydrogens (tertiary/aromatic N) is 2. The minimum atomic E-state index is -0.237. The third-order valence-electron chi connectivity index (χ3n) is 3.04. The van der Waals surface area contributed by atoms with Gasteiger partial charge in [0.25, 0.3) is 0 Å². The highest BCUT2D eigenvalue weighted by atomic mass is 32.1. The fourth-order valence-corrected chi connectivity index (χ4v) is 1.97. The summed E-state index contributed by atoms with van der Waals surface area (Å²) in [4.78, 5) is 15.7. The van der Waals surface area contributed by atoms with Crippen molar-refractivity contribution in [2.75, 3.05) is 32.7 Å². The molecule has 0 bridgehead atoms. The SMILES string of the molecule is CC(C(N)=S)N1CCN(CCC(N)=O)CC1. The van der Waals surface area contributed by atoms with Crippen LogP contribution < -0.4 is 11.5 Å². The van der Waals surface area contributed by atoms with Crippen molar-refractivity contribution in [1.82, 2.24) is 9.80 Å². The lowest BCUT2D eigenvalue weighted by Crippen LogP contribution is -2.52. The average molecular weight is 244 g/mol. The van der Waals surface area contributed by atoms with E-state index in [9.17, 15) is 4.79 Å². The standard InChI is InChI=1S/C10H20N4OS/c1-8(10(12)16)14-6-4-13(5-7-14)3-2-9(11)15/h8H,2-7H2,1H3,(H2,11,15)(H2,12,16). The summed E-state index contributed by atoms with van der Waals surface area (Å²) in [6.45, 7) is 6.56. The fourth-order valence-electron chi connectivity index (χ4n) is 1.82. The van der Waals surface area contributed by atoms with Crippen LogP contribution in [0.1, 0.15) is 13.3 Å². The van der Waals surface area contributed by atoms with E-state index in [2.05, 4.69) is 9.80 Å². The molecule has 1 heterocycles. The van der Waals surface area contributed by atoms with Gasteiger partial charge in [0.15, 0.2) is 0 Å². The van der Waals surface area contributed by atoms with Crippen molar-refractivity contribution in [2.45, 2.75) is 19.4 Å². The molecule has 1 unspecified atom stereocenters. The van der Waals surface area contributed by atoms with Crippen molar-refractivity contribution in [3.63, 3.8) is 0 Å². The minimum Gasteiger partial charge on any atom is -0.392 e. The molecule has 1 amide bonds. The number of thiocarbonyl (C=S) groups is 1. The molecule has 0 aromatic heterocycles. The van der Waals surface area contributed by atoms with Crippen LogP contribution in [0.2, 0.25) is 0 Å². The van der Waals surface area contributed by atoms with Crippen LogP contribution in [-0.4, -0.2) is 59.5 Å². The summed E-state index contributed by atoms with van der Waals surface area (Å²) in [5.74, 6) is -0.237. The molecule has 1 atom stereocenters. The molecule has 1 fully saturated rings. The largest absolute Gasteiger partial charge is 0.392 e. The lowest BCUT2D eigenvalue weighted by atomic mass is 10.2. The Kier molecular flexibility index (Phi) is 5.11. The molecule has 92 valence electrons. The molecule has 0 spiro atoms. The van der Waals surface area contributed by atoms with Gasteiger partial charge in [0.2, 0.25) is 5.91 Å². The molecule has 16 heavy (non-hydrogen) atoms. The highest BCUT2D eigenvalue weighted by Gasteiger charge is 2.22. The normalized spacial score (nSPS) is 20.6. The van der Waals surface area contributed by atoms with Crippen LogP contribution in [0.5, 0.6) is 0 Å². The molecule has 0 aromatic rings. The van der Waals surface area contributed by atoms with E-state index in [1.54, 1.807) is 0 Å². The van der Waals surface area contributed by atoms with E-state index >= 15 is 0 Å². The van der Waals surface area contributed by atoms with E-state index in [4.69, 9.17) is 23.7 Å². The van der Waals surface area contributed by atoms with Crippen molar-refractivity contribution < 1.29 is 4.79 Å². The van der Waals surface area contributed by atoms with Gasteiger partial charge in [-0.05, 0) is 6.92 Å². The first-order valence-electron chi connectivity index (χ1n) is 5.54. The van der Waals surface area contributed by atoms with Crippen molar-refractivity contribution >= 4 is 23.1 Å². The molecular formula is C10H20N4OS. The Morgan fingerprint density at radius 2 is 1.88 bits per heavy atom. The molecule has 1 rings (SSSR count). The van der Waals surface area contributed by atoms with E-state index in [1.807, 2.05) is 6.92 Å². The monoisotopic (exact) mass is 244 g/mol. The van der Waals surface area contributed by atoms with E-state index in [-0.39, 0.29) is 11.9 Å². The topological polar surface area (TPSA) is 75.6 Å². The number of hydrogen-bond donors (Lipinski definition) is 2. The summed E-state index contributed by atoms with van der Waals surface area (Å²) in [6, 6.07) is 0.160. The first-order valence-corrected chi connectivity index (χ1v) is 5.95. The smallest absolute Gasteiger partial charge is 0.218 e. The van der Waals surface area contributed by atoms with Crippen LogP contribution in [0.25, 0.3) is 0 Å². The second kappa shape index (κ2) is 6.12. The molecule has 0 aliphatic carbocycles. The molecule has 4 N–H and O–H groups in total. The van der Waals surface area contributed by atoms with Crippen molar-refractivity contribution in [3.8, 4) is 0 Å². The lowest BCUT2D eigenvalue weighted by molar-refractivity contribution is -0.118. The van der Waals surface area contributed by atoms with Crippen LogP contribution in [0.15, 0.2) is 0 Å². The van der Waals surface area contributed by atoms with Gasteiger partial charge in [0.1, 0.15) is 0 Å². The maximum absolute atomic E-state index is 10.7. The van der Waals surface area contributed by atoms with Gasteiger partial charge in [-0.25, -0.2) is 0 Å². The van der Waals surface area contributed by atoms with Gasteiger partial charge in [-0.3, -0.25) is 9.69 Å². The Morgan fingerprint density at radius 1 is 1.31 bits per heavy atom. The summed E-state index contributed by atoms with van der Waals surface area (Å²) in [7, 11) is 0. The lowest BCUT2D eigenvalue weighted by Gasteiger charge is -2.37. The van der Waals surface area contributed by atoms with E-state index in [0.29, 0.717) is 11.4 Å². The average Bonchev–Trinajstić information content (AvgIpc) is 2.26. The highest BCUT2D eigenvalue weighted by molar-refractivity contribution is 7.80. The van der Waals surface area contributed by atoms with Gasteiger partial charge in [-0.2, -0.15) is 0 Å². The van der Waals surface area contributed by atoms with Crippen LogP contribution in [-0.2, 0) is 4.79 Å². The third kappa shape index (κ3) is 4.03. The zero-order valence-electron chi connectivity index (χ0n) is 9.69. The zero-order valence-corrected chi connectivity index (χ0v) is 10.5. The van der Waals surface area contributed by atoms with E-state index in [1.165, 1.54) is 0 Å². The molecule has 6 heteroatoms. The van der Waals surface area contributed by atoms with Gasteiger partial charge in [-0.1, -0.05) is 12.2 Å². The molecule has 0 saturated carbocycles. The fraction of sp³-hybridized carbons (Fsp3) is 0.800. The van der Waals surface area contributed by atoms with Gasteiger partial charge in [0.05, 0.1) is 11.0 Å². The number of nitrogens with two attached hydrogens (primary N) is 2. The first-order chi connectivity index (χ1) is 7.50.